The second-order valence-corrected chi connectivity index (χ2v) is 4.81. The molecule has 4 heteroatoms. The number of hydrogen-bond donors (Lipinski definition) is 1. The van der Waals surface area contributed by atoms with Crippen LogP contribution in [-0.4, -0.2) is 15.0 Å². The van der Waals surface area contributed by atoms with Gasteiger partial charge >= 0.3 is 0 Å². The van der Waals surface area contributed by atoms with Crippen LogP contribution in [-0.2, 0) is 0 Å². The predicted molar refractivity (Wildman–Crippen MR) is 75.0 cm³/mol. The van der Waals surface area contributed by atoms with E-state index in [4.69, 9.17) is 0 Å². The van der Waals surface area contributed by atoms with Gasteiger partial charge in [0.25, 0.3) is 0 Å². The lowest BCUT2D eigenvalue weighted by molar-refractivity contribution is 1.29. The third-order valence-electron chi connectivity index (χ3n) is 2.65. The van der Waals surface area contributed by atoms with Crippen LogP contribution in [0.2, 0.25) is 0 Å². The molecule has 0 aliphatic carbocycles. The number of aromatic amines is 1. The minimum absolute atomic E-state index is 0.857. The SMILES string of the molecule is Brc1cccc(-c2ncc(-c3cccnc3)[nH]2)c1. The van der Waals surface area contributed by atoms with Crippen molar-refractivity contribution in [3.8, 4) is 22.6 Å². The van der Waals surface area contributed by atoms with Gasteiger partial charge in [-0.2, -0.15) is 0 Å². The molecule has 3 rings (SSSR count). The number of benzene rings is 1. The Kier molecular flexibility index (Phi) is 2.94. The molecule has 0 unspecified atom stereocenters. The molecule has 0 radical (unpaired) electrons. The highest BCUT2D eigenvalue weighted by Gasteiger charge is 2.05. The van der Waals surface area contributed by atoms with Crippen LogP contribution < -0.4 is 0 Å². The third kappa shape index (κ3) is 2.19. The van der Waals surface area contributed by atoms with Gasteiger partial charge in [0.15, 0.2) is 0 Å². The van der Waals surface area contributed by atoms with Crippen molar-refractivity contribution in [2.24, 2.45) is 0 Å². The van der Waals surface area contributed by atoms with Gasteiger partial charge in [0.1, 0.15) is 5.82 Å². The summed E-state index contributed by atoms with van der Waals surface area (Å²) in [5.41, 5.74) is 3.06. The molecule has 0 amide bonds. The Morgan fingerprint density at radius 2 is 1.89 bits per heavy atom. The molecule has 3 nitrogen and oxygen atoms in total. The molecule has 1 N–H and O–H groups in total. The zero-order valence-electron chi connectivity index (χ0n) is 9.47. The van der Waals surface area contributed by atoms with Gasteiger partial charge in [-0.25, -0.2) is 4.98 Å². The third-order valence-corrected chi connectivity index (χ3v) is 3.14. The number of hydrogen-bond acceptors (Lipinski definition) is 2. The van der Waals surface area contributed by atoms with Crippen molar-refractivity contribution in [1.82, 2.24) is 15.0 Å². The topological polar surface area (TPSA) is 41.6 Å². The van der Waals surface area contributed by atoms with Crippen LogP contribution in [0.15, 0.2) is 59.5 Å². The van der Waals surface area contributed by atoms with Crippen LogP contribution in [0, 0.1) is 0 Å². The molecule has 18 heavy (non-hydrogen) atoms. The Morgan fingerprint density at radius 1 is 1.00 bits per heavy atom. The second-order valence-electron chi connectivity index (χ2n) is 3.90. The van der Waals surface area contributed by atoms with E-state index in [1.165, 1.54) is 0 Å². The van der Waals surface area contributed by atoms with E-state index in [9.17, 15) is 0 Å². The Bertz CT molecular complexity index is 662. The van der Waals surface area contributed by atoms with Crippen LogP contribution in [0.5, 0.6) is 0 Å². The van der Waals surface area contributed by atoms with E-state index in [1.807, 2.05) is 48.8 Å². The van der Waals surface area contributed by atoms with E-state index >= 15 is 0 Å². The van der Waals surface area contributed by atoms with E-state index < -0.39 is 0 Å². The van der Waals surface area contributed by atoms with Crippen molar-refractivity contribution >= 4 is 15.9 Å². The fourth-order valence-corrected chi connectivity index (χ4v) is 2.17. The largest absolute Gasteiger partial charge is 0.338 e. The summed E-state index contributed by atoms with van der Waals surface area (Å²) in [6.45, 7) is 0. The minimum atomic E-state index is 0.857. The van der Waals surface area contributed by atoms with Gasteiger partial charge in [-0.3, -0.25) is 4.98 Å². The van der Waals surface area contributed by atoms with Gasteiger partial charge in [0.2, 0.25) is 0 Å². The van der Waals surface area contributed by atoms with Crippen LogP contribution in [0.25, 0.3) is 22.6 Å². The fraction of sp³-hybridized carbons (Fsp3) is 0. The van der Waals surface area contributed by atoms with E-state index in [-0.39, 0.29) is 0 Å². The highest BCUT2D eigenvalue weighted by Crippen LogP contribution is 2.23. The molecule has 0 spiro atoms. The summed E-state index contributed by atoms with van der Waals surface area (Å²) in [6, 6.07) is 12.0. The molecule has 0 saturated carbocycles. The summed E-state index contributed by atoms with van der Waals surface area (Å²) in [6.07, 6.45) is 5.40. The number of rotatable bonds is 2. The van der Waals surface area contributed by atoms with Gasteiger partial charge < -0.3 is 4.98 Å². The molecule has 0 saturated heterocycles. The minimum Gasteiger partial charge on any atom is -0.338 e. The molecule has 3 aromatic rings. The molecule has 2 aromatic heterocycles. The maximum atomic E-state index is 4.40. The summed E-state index contributed by atoms with van der Waals surface area (Å²) in [5.74, 6) is 0.857. The second kappa shape index (κ2) is 4.74. The van der Waals surface area contributed by atoms with Crippen LogP contribution in [0.3, 0.4) is 0 Å². The van der Waals surface area contributed by atoms with Gasteiger partial charge in [-0.1, -0.05) is 28.1 Å². The normalized spacial score (nSPS) is 10.5. The van der Waals surface area contributed by atoms with Gasteiger partial charge in [0, 0.05) is 28.0 Å². The van der Waals surface area contributed by atoms with Crippen molar-refractivity contribution < 1.29 is 0 Å². The zero-order valence-corrected chi connectivity index (χ0v) is 11.1. The average molecular weight is 300 g/mol. The van der Waals surface area contributed by atoms with Crippen molar-refractivity contribution in [3.05, 3.63) is 59.5 Å². The fourth-order valence-electron chi connectivity index (χ4n) is 1.77. The summed E-state index contributed by atoms with van der Waals surface area (Å²) in [5, 5.41) is 0. The quantitative estimate of drug-likeness (QED) is 0.780. The Morgan fingerprint density at radius 3 is 2.67 bits per heavy atom. The monoisotopic (exact) mass is 299 g/mol. The van der Waals surface area contributed by atoms with E-state index in [0.717, 1.165) is 27.1 Å². The lowest BCUT2D eigenvalue weighted by Gasteiger charge is -1.98. The number of halogens is 1. The van der Waals surface area contributed by atoms with Gasteiger partial charge in [-0.15, -0.1) is 0 Å². The lowest BCUT2D eigenvalue weighted by Crippen LogP contribution is -1.81. The molecule has 0 aliphatic rings. The summed E-state index contributed by atoms with van der Waals surface area (Å²) >= 11 is 3.46. The van der Waals surface area contributed by atoms with E-state index in [0.29, 0.717) is 0 Å². The van der Waals surface area contributed by atoms with Crippen LogP contribution in [0.4, 0.5) is 0 Å². The maximum Gasteiger partial charge on any atom is 0.137 e. The van der Waals surface area contributed by atoms with E-state index in [1.54, 1.807) is 6.20 Å². The standard InChI is InChI=1S/C14H10BrN3/c15-12-5-1-3-10(7-12)14-17-9-13(18-14)11-4-2-6-16-8-11/h1-9H,(H,17,18). The van der Waals surface area contributed by atoms with Crippen molar-refractivity contribution in [1.29, 1.82) is 0 Å². The molecule has 0 fully saturated rings. The highest BCUT2D eigenvalue weighted by molar-refractivity contribution is 9.10. The number of H-pyrrole nitrogens is 1. The molecule has 88 valence electrons. The molecular weight excluding hydrogens is 290 g/mol. The van der Waals surface area contributed by atoms with Crippen molar-refractivity contribution in [3.63, 3.8) is 0 Å². The number of nitrogens with one attached hydrogen (secondary N) is 1. The number of nitrogens with zero attached hydrogens (tertiary/aromatic N) is 2. The highest BCUT2D eigenvalue weighted by atomic mass is 79.9. The predicted octanol–water partition coefficient (Wildman–Crippen LogP) is 3.90. The smallest absolute Gasteiger partial charge is 0.137 e. The average Bonchev–Trinajstić information content (AvgIpc) is 2.89. The molecule has 1 aromatic carbocycles. The number of pyridine rings is 1. The first-order valence-electron chi connectivity index (χ1n) is 5.54. The lowest BCUT2D eigenvalue weighted by atomic mass is 10.2. The maximum absolute atomic E-state index is 4.40. The molecule has 0 aliphatic heterocycles. The number of imidazole rings is 1. The molecule has 0 bridgehead atoms. The molecule has 0 atom stereocenters. The summed E-state index contributed by atoms with van der Waals surface area (Å²) in [4.78, 5) is 11.8. The van der Waals surface area contributed by atoms with Crippen LogP contribution in [0.1, 0.15) is 0 Å². The Balaban J connectivity index is 2.00. The van der Waals surface area contributed by atoms with Crippen LogP contribution >= 0.6 is 15.9 Å². The summed E-state index contributed by atoms with van der Waals surface area (Å²) in [7, 11) is 0. The first-order chi connectivity index (χ1) is 8.83. The molecular formula is C14H10BrN3. The summed E-state index contributed by atoms with van der Waals surface area (Å²) < 4.78 is 1.04. The van der Waals surface area contributed by atoms with Gasteiger partial charge in [0.05, 0.1) is 11.9 Å². The van der Waals surface area contributed by atoms with Gasteiger partial charge in [-0.05, 0) is 24.3 Å². The number of aromatic nitrogens is 3. The first-order valence-corrected chi connectivity index (χ1v) is 6.33. The van der Waals surface area contributed by atoms with E-state index in [2.05, 4.69) is 30.9 Å². The Hall–Kier alpha value is -1.94. The zero-order chi connectivity index (χ0) is 12.4. The first kappa shape index (κ1) is 11.2. The van der Waals surface area contributed by atoms with Crippen molar-refractivity contribution in [2.45, 2.75) is 0 Å². The molecule has 2 heterocycles. The van der Waals surface area contributed by atoms with Crippen molar-refractivity contribution in [2.75, 3.05) is 0 Å². The Labute approximate surface area is 113 Å².